The summed E-state index contributed by atoms with van der Waals surface area (Å²) < 4.78 is 4.90. The van der Waals surface area contributed by atoms with Gasteiger partial charge in [-0.2, -0.15) is 0 Å². The van der Waals surface area contributed by atoms with Gasteiger partial charge in [0.15, 0.2) is 16.8 Å². The van der Waals surface area contributed by atoms with E-state index in [1.807, 2.05) is 0 Å². The number of hydrogen-bond donors (Lipinski definition) is 3. The summed E-state index contributed by atoms with van der Waals surface area (Å²) in [6.45, 7) is 2.25. The van der Waals surface area contributed by atoms with E-state index in [1.54, 1.807) is 6.92 Å². The minimum atomic E-state index is -0.501. The molecule has 1 aromatic rings. The van der Waals surface area contributed by atoms with Crippen LogP contribution in [0.1, 0.15) is 12.7 Å². The number of halogens is 1. The van der Waals surface area contributed by atoms with Gasteiger partial charge >= 0.3 is 0 Å². The van der Waals surface area contributed by atoms with Crippen molar-refractivity contribution in [3.8, 4) is 0 Å². The second kappa shape index (κ2) is 5.83. The van der Waals surface area contributed by atoms with Crippen molar-refractivity contribution in [2.24, 2.45) is 0 Å². The topological polar surface area (TPSA) is 93.3 Å². The number of nitrogen functional groups attached to an aromatic ring is 1. The third-order valence-electron chi connectivity index (χ3n) is 1.78. The average Bonchev–Trinajstić information content (AvgIpc) is 2.21. The molecular formula is C9H15ClN4O2. The number of nitrogens with zero attached hydrogens (tertiary/aromatic N) is 2. The summed E-state index contributed by atoms with van der Waals surface area (Å²) in [7, 11) is 1.54. The lowest BCUT2D eigenvalue weighted by Gasteiger charge is -2.11. The molecule has 4 N–H and O–H groups in total. The maximum atomic E-state index is 9.14. The molecule has 0 aliphatic heterocycles. The Morgan fingerprint density at radius 2 is 2.25 bits per heavy atom. The molecule has 7 heteroatoms. The van der Waals surface area contributed by atoms with Crippen LogP contribution in [0.2, 0.25) is 5.15 Å². The third kappa shape index (κ3) is 3.48. The fraction of sp³-hybridized carbons (Fsp3) is 0.556. The molecule has 0 aliphatic carbocycles. The van der Waals surface area contributed by atoms with Gasteiger partial charge in [-0.05, 0) is 6.92 Å². The maximum absolute atomic E-state index is 9.14. The van der Waals surface area contributed by atoms with E-state index in [0.29, 0.717) is 18.2 Å². The lowest BCUT2D eigenvalue weighted by molar-refractivity contribution is 0.178. The van der Waals surface area contributed by atoms with E-state index in [9.17, 15) is 0 Å². The Balaban J connectivity index is 2.88. The van der Waals surface area contributed by atoms with Gasteiger partial charge in [-0.3, -0.25) is 0 Å². The van der Waals surface area contributed by atoms with Crippen molar-refractivity contribution >= 4 is 23.1 Å². The van der Waals surface area contributed by atoms with Gasteiger partial charge in [0.1, 0.15) is 12.3 Å². The summed E-state index contributed by atoms with van der Waals surface area (Å²) in [5, 5.41) is 12.2. The Morgan fingerprint density at radius 3 is 2.81 bits per heavy atom. The summed E-state index contributed by atoms with van der Waals surface area (Å²) in [5.41, 5.74) is 5.96. The van der Waals surface area contributed by atoms with Gasteiger partial charge in [0.25, 0.3) is 0 Å². The monoisotopic (exact) mass is 246 g/mol. The lowest BCUT2D eigenvalue weighted by atomic mass is 10.4. The first kappa shape index (κ1) is 13.0. The molecule has 0 radical (unpaired) electrons. The number of methoxy groups -OCH3 is 1. The zero-order valence-electron chi connectivity index (χ0n) is 9.20. The van der Waals surface area contributed by atoms with Crippen LogP contribution in [0, 0.1) is 0 Å². The Kier molecular flexibility index (Phi) is 4.72. The molecule has 1 rings (SSSR count). The molecule has 0 bridgehead atoms. The zero-order chi connectivity index (χ0) is 12.1. The molecular weight excluding hydrogens is 232 g/mol. The first-order valence-electron chi connectivity index (χ1n) is 4.77. The number of hydrogen-bond acceptors (Lipinski definition) is 6. The van der Waals surface area contributed by atoms with E-state index in [4.69, 9.17) is 27.2 Å². The predicted molar refractivity (Wildman–Crippen MR) is 62.3 cm³/mol. The highest BCUT2D eigenvalue weighted by molar-refractivity contribution is 6.32. The number of ether oxygens (including phenoxy) is 1. The summed E-state index contributed by atoms with van der Waals surface area (Å²) in [6.07, 6.45) is -0.501. The van der Waals surface area contributed by atoms with Gasteiger partial charge < -0.3 is 20.9 Å². The quantitative estimate of drug-likeness (QED) is 0.661. The van der Waals surface area contributed by atoms with Crippen LogP contribution in [0.15, 0.2) is 0 Å². The molecule has 0 amide bonds. The van der Waals surface area contributed by atoms with Gasteiger partial charge in [0, 0.05) is 13.7 Å². The standard InChI is InChI=1S/C9H15ClN4O2/c1-5(15)3-12-9-7(11)8(10)13-6(14-9)4-16-2/h5,15H,3-4,11H2,1-2H3,(H,12,13,14). The van der Waals surface area contributed by atoms with Crippen molar-refractivity contribution < 1.29 is 9.84 Å². The van der Waals surface area contributed by atoms with Crippen LogP contribution in [0.5, 0.6) is 0 Å². The smallest absolute Gasteiger partial charge is 0.158 e. The molecule has 16 heavy (non-hydrogen) atoms. The molecule has 0 aromatic carbocycles. The second-order valence-corrected chi connectivity index (χ2v) is 3.71. The normalized spacial score (nSPS) is 12.5. The van der Waals surface area contributed by atoms with Gasteiger partial charge in [-0.1, -0.05) is 11.6 Å². The molecule has 0 fully saturated rings. The SMILES string of the molecule is COCc1nc(Cl)c(N)c(NCC(C)O)n1. The number of aliphatic hydroxyl groups is 1. The highest BCUT2D eigenvalue weighted by Gasteiger charge is 2.10. The number of nitrogens with two attached hydrogens (primary N) is 1. The number of aliphatic hydroxyl groups excluding tert-OH is 1. The van der Waals surface area contributed by atoms with Crippen LogP contribution in [0.25, 0.3) is 0 Å². The Labute approximate surface area is 98.8 Å². The number of anilines is 2. The largest absolute Gasteiger partial charge is 0.393 e. The van der Waals surface area contributed by atoms with Crippen LogP contribution in [0.3, 0.4) is 0 Å². The number of nitrogens with one attached hydrogen (secondary N) is 1. The average molecular weight is 247 g/mol. The van der Waals surface area contributed by atoms with E-state index in [-0.39, 0.29) is 17.4 Å². The van der Waals surface area contributed by atoms with Gasteiger partial charge in [0.2, 0.25) is 0 Å². The van der Waals surface area contributed by atoms with Crippen molar-refractivity contribution in [3.63, 3.8) is 0 Å². The lowest BCUT2D eigenvalue weighted by Crippen LogP contribution is -2.18. The van der Waals surface area contributed by atoms with Gasteiger partial charge in [-0.15, -0.1) is 0 Å². The van der Waals surface area contributed by atoms with Crippen molar-refractivity contribution in [1.82, 2.24) is 9.97 Å². The molecule has 1 heterocycles. The summed E-state index contributed by atoms with van der Waals surface area (Å²) >= 11 is 5.84. The Morgan fingerprint density at radius 1 is 1.56 bits per heavy atom. The van der Waals surface area contributed by atoms with Crippen molar-refractivity contribution in [2.45, 2.75) is 19.6 Å². The molecule has 0 spiro atoms. The molecule has 1 aromatic heterocycles. The van der Waals surface area contributed by atoms with E-state index in [2.05, 4.69) is 15.3 Å². The Hall–Kier alpha value is -1.11. The maximum Gasteiger partial charge on any atom is 0.158 e. The molecule has 6 nitrogen and oxygen atoms in total. The Bertz CT molecular complexity index is 360. The first-order chi connectivity index (χ1) is 7.54. The second-order valence-electron chi connectivity index (χ2n) is 3.36. The summed E-state index contributed by atoms with van der Waals surface area (Å²) in [5.74, 6) is 0.850. The molecule has 0 aliphatic rings. The first-order valence-corrected chi connectivity index (χ1v) is 5.15. The van der Waals surface area contributed by atoms with Crippen LogP contribution < -0.4 is 11.1 Å². The van der Waals surface area contributed by atoms with Crippen LogP contribution in [-0.2, 0) is 11.3 Å². The van der Waals surface area contributed by atoms with E-state index in [1.165, 1.54) is 7.11 Å². The van der Waals surface area contributed by atoms with E-state index in [0.717, 1.165) is 0 Å². The molecule has 90 valence electrons. The van der Waals surface area contributed by atoms with Gasteiger partial charge in [-0.25, -0.2) is 9.97 Å². The van der Waals surface area contributed by atoms with E-state index >= 15 is 0 Å². The molecule has 0 saturated carbocycles. The van der Waals surface area contributed by atoms with Crippen LogP contribution >= 0.6 is 11.6 Å². The van der Waals surface area contributed by atoms with Crippen LogP contribution in [0.4, 0.5) is 11.5 Å². The zero-order valence-corrected chi connectivity index (χ0v) is 9.95. The number of aromatic nitrogens is 2. The van der Waals surface area contributed by atoms with Crippen molar-refractivity contribution in [2.75, 3.05) is 24.7 Å². The van der Waals surface area contributed by atoms with Crippen molar-refractivity contribution in [1.29, 1.82) is 0 Å². The third-order valence-corrected chi connectivity index (χ3v) is 2.07. The van der Waals surface area contributed by atoms with Crippen molar-refractivity contribution in [3.05, 3.63) is 11.0 Å². The summed E-state index contributed by atoms with van der Waals surface area (Å²) in [4.78, 5) is 8.08. The molecule has 0 saturated heterocycles. The minimum Gasteiger partial charge on any atom is -0.393 e. The fourth-order valence-corrected chi connectivity index (χ4v) is 1.25. The van der Waals surface area contributed by atoms with Crippen LogP contribution in [-0.4, -0.2) is 34.8 Å². The summed E-state index contributed by atoms with van der Waals surface area (Å²) in [6, 6.07) is 0. The fourth-order valence-electron chi connectivity index (χ4n) is 1.06. The highest BCUT2D eigenvalue weighted by atomic mass is 35.5. The number of rotatable bonds is 5. The molecule has 1 unspecified atom stereocenters. The highest BCUT2D eigenvalue weighted by Crippen LogP contribution is 2.23. The predicted octanol–water partition coefficient (Wildman–Crippen LogP) is 0.651. The minimum absolute atomic E-state index is 0.176. The van der Waals surface area contributed by atoms with E-state index < -0.39 is 6.10 Å². The molecule has 1 atom stereocenters. The van der Waals surface area contributed by atoms with Gasteiger partial charge in [0.05, 0.1) is 6.10 Å².